The summed E-state index contributed by atoms with van der Waals surface area (Å²) >= 11 is 1.37. The number of nitrogens with two attached hydrogens (primary N) is 1. The first-order valence-corrected chi connectivity index (χ1v) is 6.13. The number of primary amides is 1. The van der Waals surface area contributed by atoms with Gasteiger partial charge in [-0.25, -0.2) is 9.37 Å². The van der Waals surface area contributed by atoms with E-state index in [0.717, 1.165) is 10.2 Å². The van der Waals surface area contributed by atoms with Crippen molar-refractivity contribution >= 4 is 32.6 Å². The Bertz CT molecular complexity index is 558. The number of carbonyl (C=O) groups excluding carboxylic acids is 1. The molecule has 7 heteroatoms. The van der Waals surface area contributed by atoms with Crippen LogP contribution in [-0.2, 0) is 9.53 Å². The smallest absolute Gasteiger partial charge is 0.243 e. The quantitative estimate of drug-likeness (QED) is 0.776. The van der Waals surface area contributed by atoms with Gasteiger partial charge in [0.1, 0.15) is 12.4 Å². The zero-order valence-electron chi connectivity index (χ0n) is 9.48. The molecule has 3 N–H and O–H groups in total. The van der Waals surface area contributed by atoms with E-state index in [9.17, 15) is 9.18 Å². The van der Waals surface area contributed by atoms with E-state index >= 15 is 0 Å². The second-order valence-electron chi connectivity index (χ2n) is 3.58. The Hall–Kier alpha value is -1.73. The van der Waals surface area contributed by atoms with E-state index in [4.69, 9.17) is 10.5 Å². The first kappa shape index (κ1) is 12.7. The van der Waals surface area contributed by atoms with Crippen LogP contribution >= 0.6 is 11.3 Å². The van der Waals surface area contributed by atoms with Gasteiger partial charge in [0.05, 0.1) is 16.8 Å². The first-order chi connectivity index (χ1) is 8.65. The Balaban J connectivity index is 1.86. The summed E-state index contributed by atoms with van der Waals surface area (Å²) in [7, 11) is 0. The number of amides is 1. The Morgan fingerprint density at radius 3 is 3.17 bits per heavy atom. The van der Waals surface area contributed by atoms with Gasteiger partial charge in [-0.2, -0.15) is 0 Å². The fraction of sp³-hybridized carbons (Fsp3) is 0.273. The van der Waals surface area contributed by atoms with E-state index in [1.165, 1.54) is 23.5 Å². The van der Waals surface area contributed by atoms with E-state index in [1.54, 1.807) is 6.07 Å². The lowest BCUT2D eigenvalue weighted by molar-refractivity contribution is -0.122. The van der Waals surface area contributed by atoms with Crippen molar-refractivity contribution in [3.63, 3.8) is 0 Å². The number of nitrogens with one attached hydrogen (secondary N) is 1. The average Bonchev–Trinajstić information content (AvgIpc) is 2.70. The molecule has 1 aromatic carbocycles. The van der Waals surface area contributed by atoms with Crippen LogP contribution < -0.4 is 11.1 Å². The molecular weight excluding hydrogens is 257 g/mol. The zero-order chi connectivity index (χ0) is 13.0. The highest BCUT2D eigenvalue weighted by Gasteiger charge is 2.04. The third-order valence-corrected chi connectivity index (χ3v) is 3.09. The van der Waals surface area contributed by atoms with Gasteiger partial charge >= 0.3 is 0 Å². The lowest BCUT2D eigenvalue weighted by Crippen LogP contribution is -2.20. The van der Waals surface area contributed by atoms with Crippen LogP contribution in [0.5, 0.6) is 0 Å². The molecular formula is C11H12FN3O2S. The van der Waals surface area contributed by atoms with Gasteiger partial charge in [-0.15, -0.1) is 0 Å². The molecule has 0 atom stereocenters. The van der Waals surface area contributed by atoms with Gasteiger partial charge in [-0.3, -0.25) is 4.79 Å². The van der Waals surface area contributed by atoms with E-state index in [0.29, 0.717) is 18.3 Å². The largest absolute Gasteiger partial charge is 0.370 e. The Labute approximate surface area is 107 Å². The van der Waals surface area contributed by atoms with E-state index in [-0.39, 0.29) is 12.4 Å². The number of hydrogen-bond acceptors (Lipinski definition) is 5. The number of aromatic nitrogens is 1. The van der Waals surface area contributed by atoms with Crippen LogP contribution in [0.25, 0.3) is 10.2 Å². The van der Waals surface area contributed by atoms with Crippen molar-refractivity contribution in [3.05, 3.63) is 24.0 Å². The number of fused-ring (bicyclic) bond motifs is 1. The summed E-state index contributed by atoms with van der Waals surface area (Å²) in [6.45, 7) is 0.773. The van der Waals surface area contributed by atoms with Crippen LogP contribution in [0.2, 0.25) is 0 Å². The summed E-state index contributed by atoms with van der Waals surface area (Å²) < 4.78 is 18.7. The average molecular weight is 269 g/mol. The standard InChI is InChI=1S/C11H12FN3O2S/c12-7-1-2-8-9(5-7)18-11(15-8)14-3-4-17-6-10(13)16/h1-2,5H,3-4,6H2,(H2,13,16)(H,14,15). The van der Waals surface area contributed by atoms with Gasteiger partial charge in [-0.05, 0) is 18.2 Å². The monoisotopic (exact) mass is 269 g/mol. The topological polar surface area (TPSA) is 77.2 Å². The molecule has 2 rings (SSSR count). The van der Waals surface area contributed by atoms with Gasteiger partial charge < -0.3 is 15.8 Å². The number of ether oxygens (including phenoxy) is 1. The summed E-state index contributed by atoms with van der Waals surface area (Å²) in [4.78, 5) is 14.7. The number of anilines is 1. The maximum Gasteiger partial charge on any atom is 0.243 e. The summed E-state index contributed by atoms with van der Waals surface area (Å²) in [6, 6.07) is 4.46. The molecule has 0 saturated carbocycles. The summed E-state index contributed by atoms with van der Waals surface area (Å²) in [5.41, 5.74) is 5.67. The van der Waals surface area contributed by atoms with Crippen LogP contribution in [0.3, 0.4) is 0 Å². The van der Waals surface area contributed by atoms with Crippen molar-refractivity contribution in [3.8, 4) is 0 Å². The van der Waals surface area contributed by atoms with Gasteiger partial charge in [0.15, 0.2) is 5.13 Å². The molecule has 18 heavy (non-hydrogen) atoms. The molecule has 0 unspecified atom stereocenters. The lowest BCUT2D eigenvalue weighted by Gasteiger charge is -2.02. The van der Waals surface area contributed by atoms with Crippen molar-refractivity contribution in [2.45, 2.75) is 0 Å². The molecule has 0 aliphatic rings. The van der Waals surface area contributed by atoms with Crippen molar-refractivity contribution in [2.24, 2.45) is 5.73 Å². The molecule has 1 heterocycles. The SMILES string of the molecule is NC(=O)COCCNc1nc2ccc(F)cc2s1. The molecule has 1 amide bonds. The van der Waals surface area contributed by atoms with E-state index < -0.39 is 5.91 Å². The van der Waals surface area contributed by atoms with Gasteiger partial charge in [0, 0.05) is 6.54 Å². The van der Waals surface area contributed by atoms with Crippen LogP contribution in [0.4, 0.5) is 9.52 Å². The number of carbonyl (C=O) groups is 1. The second kappa shape index (κ2) is 5.74. The predicted molar refractivity (Wildman–Crippen MR) is 68.1 cm³/mol. The second-order valence-corrected chi connectivity index (χ2v) is 4.61. The minimum atomic E-state index is -0.495. The number of thiazole rings is 1. The third-order valence-electron chi connectivity index (χ3n) is 2.12. The fourth-order valence-corrected chi connectivity index (χ4v) is 2.29. The van der Waals surface area contributed by atoms with Gasteiger partial charge in [0.2, 0.25) is 5.91 Å². The fourth-order valence-electron chi connectivity index (χ4n) is 1.38. The van der Waals surface area contributed by atoms with Crippen LogP contribution in [0.1, 0.15) is 0 Å². The number of hydrogen-bond donors (Lipinski definition) is 2. The van der Waals surface area contributed by atoms with Gasteiger partial charge in [-0.1, -0.05) is 11.3 Å². The Morgan fingerprint density at radius 1 is 1.56 bits per heavy atom. The molecule has 0 bridgehead atoms. The lowest BCUT2D eigenvalue weighted by atomic mass is 10.3. The van der Waals surface area contributed by atoms with Crippen molar-refractivity contribution in [1.29, 1.82) is 0 Å². The normalized spacial score (nSPS) is 10.7. The number of benzene rings is 1. The van der Waals surface area contributed by atoms with Crippen molar-refractivity contribution in [1.82, 2.24) is 4.98 Å². The molecule has 0 aliphatic heterocycles. The van der Waals surface area contributed by atoms with E-state index in [2.05, 4.69) is 10.3 Å². The highest BCUT2D eigenvalue weighted by Crippen LogP contribution is 2.26. The molecule has 1 aromatic heterocycles. The third kappa shape index (κ3) is 3.38. The summed E-state index contributed by atoms with van der Waals surface area (Å²) in [5.74, 6) is -0.770. The Morgan fingerprint density at radius 2 is 2.39 bits per heavy atom. The number of nitrogens with zero attached hydrogens (tertiary/aromatic N) is 1. The summed E-state index contributed by atoms with van der Waals surface area (Å²) in [5, 5.41) is 3.73. The zero-order valence-corrected chi connectivity index (χ0v) is 10.3. The molecule has 2 aromatic rings. The van der Waals surface area contributed by atoms with Gasteiger partial charge in [0.25, 0.3) is 0 Å². The molecule has 96 valence electrons. The molecule has 0 aliphatic carbocycles. The highest BCUT2D eigenvalue weighted by atomic mass is 32.1. The van der Waals surface area contributed by atoms with Crippen molar-refractivity contribution in [2.75, 3.05) is 25.1 Å². The predicted octanol–water partition coefficient (Wildman–Crippen LogP) is 1.35. The van der Waals surface area contributed by atoms with Crippen molar-refractivity contribution < 1.29 is 13.9 Å². The van der Waals surface area contributed by atoms with E-state index in [1.807, 2.05) is 0 Å². The van der Waals surface area contributed by atoms with Crippen LogP contribution in [0.15, 0.2) is 18.2 Å². The molecule has 0 spiro atoms. The van der Waals surface area contributed by atoms with Crippen LogP contribution in [0, 0.1) is 5.82 Å². The highest BCUT2D eigenvalue weighted by molar-refractivity contribution is 7.22. The Kier molecular flexibility index (Phi) is 4.06. The first-order valence-electron chi connectivity index (χ1n) is 5.31. The molecule has 5 nitrogen and oxygen atoms in total. The number of rotatable bonds is 6. The summed E-state index contributed by atoms with van der Waals surface area (Å²) in [6.07, 6.45) is 0. The van der Waals surface area contributed by atoms with Crippen LogP contribution in [-0.4, -0.2) is 30.6 Å². The minimum absolute atomic E-state index is 0.0905. The number of halogens is 1. The molecule has 0 saturated heterocycles. The maximum atomic E-state index is 13.0. The maximum absolute atomic E-state index is 13.0. The molecule has 0 radical (unpaired) electrons. The molecule has 0 fully saturated rings. The minimum Gasteiger partial charge on any atom is -0.370 e.